The minimum atomic E-state index is 0.445. The van der Waals surface area contributed by atoms with Crippen molar-refractivity contribution >= 4 is 56.6 Å². The molecule has 0 atom stereocenters. The molecule has 0 saturated heterocycles. The SMILES string of the molecule is CNc1ncc(Cl)c(Nc2ccc(Cl)c(Br)c2)n1. The van der Waals surface area contributed by atoms with Gasteiger partial charge in [-0.1, -0.05) is 23.2 Å². The highest BCUT2D eigenvalue weighted by Gasteiger charge is 2.06. The van der Waals surface area contributed by atoms with E-state index in [4.69, 9.17) is 23.2 Å². The minimum Gasteiger partial charge on any atom is -0.357 e. The van der Waals surface area contributed by atoms with E-state index < -0.39 is 0 Å². The first-order valence-electron chi connectivity index (χ1n) is 5.02. The van der Waals surface area contributed by atoms with E-state index in [0.29, 0.717) is 21.8 Å². The smallest absolute Gasteiger partial charge is 0.224 e. The van der Waals surface area contributed by atoms with Crippen molar-refractivity contribution in [2.24, 2.45) is 0 Å². The minimum absolute atomic E-state index is 0.445. The third kappa shape index (κ3) is 3.04. The Kier molecular flexibility index (Phi) is 4.27. The number of anilines is 3. The van der Waals surface area contributed by atoms with E-state index in [1.54, 1.807) is 13.1 Å². The van der Waals surface area contributed by atoms with Crippen molar-refractivity contribution < 1.29 is 0 Å². The summed E-state index contributed by atoms with van der Waals surface area (Å²) in [5.41, 5.74) is 0.828. The fourth-order valence-corrected chi connectivity index (χ4v) is 1.92. The average molecular weight is 348 g/mol. The maximum Gasteiger partial charge on any atom is 0.224 e. The van der Waals surface area contributed by atoms with Crippen molar-refractivity contribution in [3.63, 3.8) is 0 Å². The largest absolute Gasteiger partial charge is 0.357 e. The van der Waals surface area contributed by atoms with E-state index in [1.807, 2.05) is 12.1 Å². The van der Waals surface area contributed by atoms with Gasteiger partial charge < -0.3 is 10.6 Å². The van der Waals surface area contributed by atoms with Crippen LogP contribution in [-0.2, 0) is 0 Å². The summed E-state index contributed by atoms with van der Waals surface area (Å²) >= 11 is 15.3. The van der Waals surface area contributed by atoms with Gasteiger partial charge in [-0.25, -0.2) is 4.98 Å². The summed E-state index contributed by atoms with van der Waals surface area (Å²) in [5, 5.41) is 7.04. The molecular weight excluding hydrogens is 339 g/mol. The van der Waals surface area contributed by atoms with Gasteiger partial charge in [0.2, 0.25) is 5.95 Å². The number of nitrogens with one attached hydrogen (secondary N) is 2. The summed E-state index contributed by atoms with van der Waals surface area (Å²) in [6.07, 6.45) is 1.54. The zero-order valence-corrected chi connectivity index (χ0v) is 12.4. The molecule has 0 amide bonds. The molecule has 2 N–H and O–H groups in total. The number of benzene rings is 1. The van der Waals surface area contributed by atoms with Crippen LogP contribution in [0.15, 0.2) is 28.9 Å². The highest BCUT2D eigenvalue weighted by Crippen LogP contribution is 2.29. The molecule has 0 aliphatic carbocycles. The van der Waals surface area contributed by atoms with Crippen molar-refractivity contribution in [3.05, 3.63) is 38.9 Å². The molecule has 1 aromatic carbocycles. The number of hydrogen-bond donors (Lipinski definition) is 2. The Balaban J connectivity index is 2.30. The zero-order valence-electron chi connectivity index (χ0n) is 9.34. The molecule has 1 heterocycles. The Bertz CT molecular complexity index is 577. The molecule has 4 nitrogen and oxygen atoms in total. The molecule has 0 saturated carbocycles. The molecule has 2 aromatic rings. The summed E-state index contributed by atoms with van der Waals surface area (Å²) in [4.78, 5) is 8.23. The van der Waals surface area contributed by atoms with Crippen LogP contribution in [0.2, 0.25) is 10.0 Å². The van der Waals surface area contributed by atoms with Crippen molar-refractivity contribution in [1.82, 2.24) is 9.97 Å². The molecule has 0 fully saturated rings. The van der Waals surface area contributed by atoms with Crippen molar-refractivity contribution in [1.29, 1.82) is 0 Å². The van der Waals surface area contributed by atoms with Gasteiger partial charge in [0.05, 0.1) is 11.2 Å². The van der Waals surface area contributed by atoms with Crippen LogP contribution in [0.4, 0.5) is 17.5 Å². The Morgan fingerprint density at radius 2 is 2.00 bits per heavy atom. The maximum absolute atomic E-state index is 6.02. The van der Waals surface area contributed by atoms with Crippen molar-refractivity contribution in [2.75, 3.05) is 17.7 Å². The van der Waals surface area contributed by atoms with E-state index in [1.165, 1.54) is 6.20 Å². The molecule has 1 aromatic heterocycles. The van der Waals surface area contributed by atoms with Crippen LogP contribution >= 0.6 is 39.1 Å². The first-order valence-corrected chi connectivity index (χ1v) is 6.57. The van der Waals surface area contributed by atoms with Gasteiger partial charge in [-0.2, -0.15) is 4.98 Å². The van der Waals surface area contributed by atoms with Crippen LogP contribution in [0.5, 0.6) is 0 Å². The van der Waals surface area contributed by atoms with Crippen molar-refractivity contribution in [2.45, 2.75) is 0 Å². The molecule has 0 bridgehead atoms. The molecular formula is C11H9BrCl2N4. The summed E-state index contributed by atoms with van der Waals surface area (Å²) in [6, 6.07) is 5.46. The molecule has 0 radical (unpaired) electrons. The highest BCUT2D eigenvalue weighted by molar-refractivity contribution is 9.10. The monoisotopic (exact) mass is 346 g/mol. The Morgan fingerprint density at radius 1 is 1.22 bits per heavy atom. The summed E-state index contributed by atoms with van der Waals surface area (Å²) in [7, 11) is 1.74. The van der Waals surface area contributed by atoms with Crippen LogP contribution in [0.25, 0.3) is 0 Å². The summed E-state index contributed by atoms with van der Waals surface area (Å²) in [6.45, 7) is 0. The van der Waals surface area contributed by atoms with Gasteiger partial charge in [-0.3, -0.25) is 0 Å². The molecule has 0 unspecified atom stereocenters. The second kappa shape index (κ2) is 5.73. The predicted molar refractivity (Wildman–Crippen MR) is 79.0 cm³/mol. The Morgan fingerprint density at radius 3 is 2.67 bits per heavy atom. The molecule has 7 heteroatoms. The lowest BCUT2D eigenvalue weighted by Gasteiger charge is -2.09. The summed E-state index contributed by atoms with van der Waals surface area (Å²) < 4.78 is 0.799. The molecule has 2 rings (SSSR count). The van der Waals surface area contributed by atoms with Crippen LogP contribution in [-0.4, -0.2) is 17.0 Å². The fraction of sp³-hybridized carbons (Fsp3) is 0.0909. The number of nitrogens with zero attached hydrogens (tertiary/aromatic N) is 2. The van der Waals surface area contributed by atoms with E-state index in [0.717, 1.165) is 10.2 Å². The first kappa shape index (κ1) is 13.4. The lowest BCUT2D eigenvalue weighted by molar-refractivity contribution is 1.15. The van der Waals surface area contributed by atoms with Crippen LogP contribution in [0, 0.1) is 0 Å². The Labute approximate surface area is 123 Å². The summed E-state index contributed by atoms with van der Waals surface area (Å²) in [5.74, 6) is 1.03. The third-order valence-corrected chi connectivity index (χ3v) is 3.64. The van der Waals surface area contributed by atoms with Crippen molar-refractivity contribution in [3.8, 4) is 0 Å². The quantitative estimate of drug-likeness (QED) is 0.867. The average Bonchev–Trinajstić information content (AvgIpc) is 2.36. The van der Waals surface area contributed by atoms with E-state index in [9.17, 15) is 0 Å². The van der Waals surface area contributed by atoms with Gasteiger partial charge in [-0.15, -0.1) is 0 Å². The maximum atomic E-state index is 6.02. The number of halogens is 3. The van der Waals surface area contributed by atoms with Crippen LogP contribution < -0.4 is 10.6 Å². The molecule has 0 spiro atoms. The molecule has 18 heavy (non-hydrogen) atoms. The van der Waals surface area contributed by atoms with E-state index in [-0.39, 0.29) is 0 Å². The lowest BCUT2D eigenvalue weighted by atomic mass is 10.3. The van der Waals surface area contributed by atoms with E-state index in [2.05, 4.69) is 36.5 Å². The molecule has 0 aliphatic rings. The van der Waals surface area contributed by atoms with Gasteiger partial charge in [0, 0.05) is 17.2 Å². The van der Waals surface area contributed by atoms with Gasteiger partial charge >= 0.3 is 0 Å². The normalized spacial score (nSPS) is 10.2. The van der Waals surface area contributed by atoms with Gasteiger partial charge in [0.15, 0.2) is 5.82 Å². The predicted octanol–water partition coefficient (Wildman–Crippen LogP) is 4.33. The first-order chi connectivity index (χ1) is 8.60. The highest BCUT2D eigenvalue weighted by atomic mass is 79.9. The second-order valence-electron chi connectivity index (χ2n) is 3.39. The topological polar surface area (TPSA) is 49.8 Å². The van der Waals surface area contributed by atoms with Crippen LogP contribution in [0.3, 0.4) is 0 Å². The van der Waals surface area contributed by atoms with Gasteiger partial charge in [0.1, 0.15) is 5.02 Å². The van der Waals surface area contributed by atoms with Gasteiger partial charge in [0.25, 0.3) is 0 Å². The van der Waals surface area contributed by atoms with E-state index >= 15 is 0 Å². The fourth-order valence-electron chi connectivity index (χ4n) is 1.29. The van der Waals surface area contributed by atoms with Gasteiger partial charge in [-0.05, 0) is 34.1 Å². The molecule has 94 valence electrons. The lowest BCUT2D eigenvalue weighted by Crippen LogP contribution is -2.01. The van der Waals surface area contributed by atoms with Crippen LogP contribution in [0.1, 0.15) is 0 Å². The molecule has 0 aliphatic heterocycles. The third-order valence-electron chi connectivity index (χ3n) is 2.15. The standard InChI is InChI=1S/C11H9BrCl2N4/c1-15-11-16-5-9(14)10(18-11)17-6-2-3-8(13)7(12)4-6/h2-5H,1H3,(H2,15,16,17,18). The Hall–Kier alpha value is -1.04. The number of aromatic nitrogens is 2. The number of hydrogen-bond acceptors (Lipinski definition) is 4. The zero-order chi connectivity index (χ0) is 13.1. The number of rotatable bonds is 3. The second-order valence-corrected chi connectivity index (χ2v) is 5.06.